The molecule has 1 aliphatic rings. The van der Waals surface area contributed by atoms with Gasteiger partial charge in [0.15, 0.2) is 0 Å². The van der Waals surface area contributed by atoms with Gasteiger partial charge in [-0.05, 0) is 55.2 Å². The maximum absolute atomic E-state index is 5.96. The third kappa shape index (κ3) is 3.48. The number of para-hydroxylation sites is 1. The first-order valence-electron chi connectivity index (χ1n) is 7.75. The van der Waals surface area contributed by atoms with Crippen LogP contribution in [0.25, 0.3) is 0 Å². The highest BCUT2D eigenvalue weighted by Crippen LogP contribution is 2.22. The summed E-state index contributed by atoms with van der Waals surface area (Å²) in [5, 5.41) is 3.43. The van der Waals surface area contributed by atoms with Crippen molar-refractivity contribution in [1.82, 2.24) is 0 Å². The summed E-state index contributed by atoms with van der Waals surface area (Å²) < 4.78 is 0. The maximum atomic E-state index is 5.96. The van der Waals surface area contributed by atoms with E-state index in [0.717, 1.165) is 23.5 Å². The van der Waals surface area contributed by atoms with Crippen LogP contribution in [0.3, 0.4) is 0 Å². The number of hydrogen-bond donors (Lipinski definition) is 2. The van der Waals surface area contributed by atoms with Gasteiger partial charge >= 0.3 is 0 Å². The van der Waals surface area contributed by atoms with Crippen LogP contribution in [0.15, 0.2) is 48.5 Å². The highest BCUT2D eigenvalue weighted by molar-refractivity contribution is 5.56. The summed E-state index contributed by atoms with van der Waals surface area (Å²) in [5.74, 6) is 0. The number of anilines is 3. The molecular formula is C18H23N3. The van der Waals surface area contributed by atoms with Gasteiger partial charge in [-0.25, -0.2) is 0 Å². The summed E-state index contributed by atoms with van der Waals surface area (Å²) >= 11 is 0. The molecule has 3 heteroatoms. The molecule has 0 unspecified atom stereocenters. The smallest absolute Gasteiger partial charge is 0.0421 e. The zero-order valence-corrected chi connectivity index (χ0v) is 12.4. The molecule has 110 valence electrons. The van der Waals surface area contributed by atoms with E-state index in [1.54, 1.807) is 0 Å². The van der Waals surface area contributed by atoms with Gasteiger partial charge in [-0.3, -0.25) is 0 Å². The van der Waals surface area contributed by atoms with E-state index in [4.69, 9.17) is 5.73 Å². The van der Waals surface area contributed by atoms with Gasteiger partial charge in [0.25, 0.3) is 0 Å². The van der Waals surface area contributed by atoms with Crippen LogP contribution in [-0.2, 0) is 6.54 Å². The molecule has 1 fully saturated rings. The fourth-order valence-corrected chi connectivity index (χ4v) is 2.83. The number of nitrogens with two attached hydrogens (primary N) is 1. The van der Waals surface area contributed by atoms with E-state index < -0.39 is 0 Å². The van der Waals surface area contributed by atoms with Crippen LogP contribution < -0.4 is 16.0 Å². The minimum absolute atomic E-state index is 0.760. The Labute approximate surface area is 126 Å². The zero-order valence-electron chi connectivity index (χ0n) is 12.4. The lowest BCUT2D eigenvalue weighted by Gasteiger charge is -2.28. The first-order valence-corrected chi connectivity index (χ1v) is 7.75. The number of piperidine rings is 1. The van der Waals surface area contributed by atoms with Gasteiger partial charge in [-0.2, -0.15) is 0 Å². The van der Waals surface area contributed by atoms with Crippen LogP contribution in [0.4, 0.5) is 17.1 Å². The molecule has 0 atom stereocenters. The summed E-state index contributed by atoms with van der Waals surface area (Å²) in [5.41, 5.74) is 10.4. The lowest BCUT2D eigenvalue weighted by molar-refractivity contribution is 0.578. The molecule has 3 nitrogen and oxygen atoms in total. The van der Waals surface area contributed by atoms with Gasteiger partial charge < -0.3 is 16.0 Å². The highest BCUT2D eigenvalue weighted by atomic mass is 15.1. The maximum Gasteiger partial charge on any atom is 0.0421 e. The lowest BCUT2D eigenvalue weighted by Crippen LogP contribution is -2.29. The Morgan fingerprint density at radius 2 is 1.62 bits per heavy atom. The van der Waals surface area contributed by atoms with Gasteiger partial charge in [-0.1, -0.05) is 18.2 Å². The monoisotopic (exact) mass is 281 g/mol. The molecule has 0 radical (unpaired) electrons. The Morgan fingerprint density at radius 3 is 2.33 bits per heavy atom. The molecule has 3 N–H and O–H groups in total. The molecule has 0 saturated carbocycles. The Morgan fingerprint density at radius 1 is 0.905 bits per heavy atom. The van der Waals surface area contributed by atoms with E-state index in [0.29, 0.717) is 0 Å². The molecule has 0 spiro atoms. The molecule has 0 aromatic heterocycles. The van der Waals surface area contributed by atoms with Gasteiger partial charge in [-0.15, -0.1) is 0 Å². The van der Waals surface area contributed by atoms with Crippen molar-refractivity contribution in [3.63, 3.8) is 0 Å². The Kier molecular flexibility index (Phi) is 4.29. The topological polar surface area (TPSA) is 41.3 Å². The van der Waals surface area contributed by atoms with Gasteiger partial charge in [0.05, 0.1) is 0 Å². The second-order valence-electron chi connectivity index (χ2n) is 5.65. The Hall–Kier alpha value is -2.16. The largest absolute Gasteiger partial charge is 0.398 e. The van der Waals surface area contributed by atoms with Crippen LogP contribution in [0, 0.1) is 0 Å². The first-order chi connectivity index (χ1) is 10.3. The lowest BCUT2D eigenvalue weighted by atomic mass is 10.1. The summed E-state index contributed by atoms with van der Waals surface area (Å²) in [6, 6.07) is 16.7. The molecule has 2 aromatic rings. The van der Waals surface area contributed by atoms with Crippen molar-refractivity contribution in [1.29, 1.82) is 0 Å². The molecule has 21 heavy (non-hydrogen) atoms. The number of nitrogens with zero attached hydrogens (tertiary/aromatic N) is 1. The van der Waals surface area contributed by atoms with E-state index >= 15 is 0 Å². The minimum atomic E-state index is 0.760. The van der Waals surface area contributed by atoms with Crippen molar-refractivity contribution < 1.29 is 0 Å². The van der Waals surface area contributed by atoms with Crippen molar-refractivity contribution in [2.75, 3.05) is 29.0 Å². The third-order valence-electron chi connectivity index (χ3n) is 4.13. The van der Waals surface area contributed by atoms with Crippen molar-refractivity contribution in [3.05, 3.63) is 54.1 Å². The average Bonchev–Trinajstić information content (AvgIpc) is 2.55. The molecule has 3 rings (SSSR count). The first kappa shape index (κ1) is 13.8. The number of nitrogens with one attached hydrogen (secondary N) is 1. The zero-order chi connectivity index (χ0) is 14.5. The van der Waals surface area contributed by atoms with Crippen molar-refractivity contribution in [3.8, 4) is 0 Å². The van der Waals surface area contributed by atoms with Gasteiger partial charge in [0.2, 0.25) is 0 Å². The normalized spacial score (nSPS) is 15.0. The highest BCUT2D eigenvalue weighted by Gasteiger charge is 2.10. The van der Waals surface area contributed by atoms with Crippen LogP contribution in [-0.4, -0.2) is 13.1 Å². The SMILES string of the molecule is Nc1ccccc1CNc1ccc(N2CCCCC2)cc1. The Bertz CT molecular complexity index is 571. The fraction of sp³-hybridized carbons (Fsp3) is 0.333. The predicted molar refractivity (Wildman–Crippen MR) is 90.7 cm³/mol. The molecular weight excluding hydrogens is 258 g/mol. The molecule has 0 aliphatic carbocycles. The third-order valence-corrected chi connectivity index (χ3v) is 4.13. The van der Waals surface area contributed by atoms with Crippen LogP contribution in [0.5, 0.6) is 0 Å². The van der Waals surface area contributed by atoms with Crippen molar-refractivity contribution in [2.24, 2.45) is 0 Å². The second kappa shape index (κ2) is 6.53. The van der Waals surface area contributed by atoms with Crippen LogP contribution >= 0.6 is 0 Å². The summed E-state index contributed by atoms with van der Waals surface area (Å²) in [7, 11) is 0. The molecule has 0 bridgehead atoms. The van der Waals surface area contributed by atoms with Gasteiger partial charge in [0.1, 0.15) is 0 Å². The number of rotatable bonds is 4. The summed E-state index contributed by atoms with van der Waals surface area (Å²) in [6.45, 7) is 3.14. The number of nitrogen functional groups attached to an aromatic ring is 1. The average molecular weight is 281 g/mol. The van der Waals surface area contributed by atoms with E-state index in [1.165, 1.54) is 38.0 Å². The molecule has 0 amide bonds. The molecule has 2 aromatic carbocycles. The van der Waals surface area contributed by atoms with Crippen LogP contribution in [0.1, 0.15) is 24.8 Å². The molecule has 1 saturated heterocycles. The van der Waals surface area contributed by atoms with Gasteiger partial charge in [0, 0.05) is 36.7 Å². The number of benzene rings is 2. The second-order valence-corrected chi connectivity index (χ2v) is 5.65. The van der Waals surface area contributed by atoms with Crippen LogP contribution in [0.2, 0.25) is 0 Å². The number of hydrogen-bond acceptors (Lipinski definition) is 3. The van der Waals surface area contributed by atoms with Crippen molar-refractivity contribution in [2.45, 2.75) is 25.8 Å². The van der Waals surface area contributed by atoms with E-state index in [1.807, 2.05) is 18.2 Å². The Balaban J connectivity index is 1.60. The summed E-state index contributed by atoms with van der Waals surface area (Å²) in [6.07, 6.45) is 4.00. The fourth-order valence-electron chi connectivity index (χ4n) is 2.83. The minimum Gasteiger partial charge on any atom is -0.398 e. The van der Waals surface area contributed by atoms with E-state index in [9.17, 15) is 0 Å². The summed E-state index contributed by atoms with van der Waals surface area (Å²) in [4.78, 5) is 2.47. The molecule has 1 heterocycles. The van der Waals surface area contributed by atoms with E-state index in [-0.39, 0.29) is 0 Å². The molecule has 1 aliphatic heterocycles. The van der Waals surface area contributed by atoms with Crippen molar-refractivity contribution >= 4 is 17.1 Å². The quantitative estimate of drug-likeness (QED) is 0.836. The predicted octanol–water partition coefficient (Wildman–Crippen LogP) is 3.87. The van der Waals surface area contributed by atoms with E-state index in [2.05, 4.69) is 40.5 Å². The standard InChI is InChI=1S/C18H23N3/c19-18-7-3-2-6-15(18)14-20-16-8-10-17(11-9-16)21-12-4-1-5-13-21/h2-3,6-11,20H,1,4-5,12-14,19H2.